The number of nitrogens with zero attached hydrogens (tertiary/aromatic N) is 2. The minimum Gasteiger partial charge on any atom is -0.301 e. The minimum atomic E-state index is -3.51. The molecule has 2 rings (SSSR count). The van der Waals surface area contributed by atoms with E-state index in [1.165, 1.54) is 9.87 Å². The predicted octanol–water partition coefficient (Wildman–Crippen LogP) is 0.440. The summed E-state index contributed by atoms with van der Waals surface area (Å²) in [6.45, 7) is 3.55. The molecular weight excluding hydrogens is 262 g/mol. The molecule has 0 aliphatic carbocycles. The van der Waals surface area contributed by atoms with Crippen molar-refractivity contribution in [1.82, 2.24) is 9.21 Å². The zero-order chi connectivity index (χ0) is 13.7. The smallest absolute Gasteiger partial charge is 0.276 e. The second-order valence-corrected chi connectivity index (χ2v) is 6.42. The first-order chi connectivity index (χ1) is 9.05. The molecule has 1 aromatic carbocycles. The molecule has 1 fully saturated rings. The highest BCUT2D eigenvalue weighted by Crippen LogP contribution is 2.07. The maximum absolute atomic E-state index is 11.2. The van der Waals surface area contributed by atoms with Gasteiger partial charge in [0.15, 0.2) is 0 Å². The van der Waals surface area contributed by atoms with Crippen LogP contribution in [-0.4, -0.2) is 50.3 Å². The number of aryl methyl sites for hydroxylation is 1. The van der Waals surface area contributed by atoms with E-state index in [-0.39, 0.29) is 0 Å². The number of nitrogens with two attached hydrogens (primary N) is 1. The van der Waals surface area contributed by atoms with Crippen molar-refractivity contribution in [3.05, 3.63) is 35.9 Å². The van der Waals surface area contributed by atoms with Gasteiger partial charge in [-0.3, -0.25) is 0 Å². The van der Waals surface area contributed by atoms with E-state index >= 15 is 0 Å². The lowest BCUT2D eigenvalue weighted by molar-refractivity contribution is 0.187. The average molecular weight is 283 g/mol. The largest absolute Gasteiger partial charge is 0.301 e. The van der Waals surface area contributed by atoms with Gasteiger partial charge in [-0.2, -0.15) is 12.7 Å². The second kappa shape index (κ2) is 6.47. The molecule has 19 heavy (non-hydrogen) atoms. The van der Waals surface area contributed by atoms with E-state index in [0.29, 0.717) is 13.1 Å². The van der Waals surface area contributed by atoms with E-state index < -0.39 is 10.2 Å². The zero-order valence-corrected chi connectivity index (χ0v) is 11.8. The molecule has 1 heterocycles. The Labute approximate surface area is 115 Å². The SMILES string of the molecule is NS(=O)(=O)N1CCN(CCCc2ccccc2)CC1. The van der Waals surface area contributed by atoms with Gasteiger partial charge in [0.25, 0.3) is 10.2 Å². The van der Waals surface area contributed by atoms with Crippen molar-refractivity contribution >= 4 is 10.2 Å². The highest BCUT2D eigenvalue weighted by Gasteiger charge is 2.23. The van der Waals surface area contributed by atoms with Crippen LogP contribution in [0.25, 0.3) is 0 Å². The first-order valence-electron chi connectivity index (χ1n) is 6.60. The van der Waals surface area contributed by atoms with Crippen LogP contribution in [0.4, 0.5) is 0 Å². The summed E-state index contributed by atoms with van der Waals surface area (Å²) in [5.41, 5.74) is 1.35. The molecule has 6 heteroatoms. The fraction of sp³-hybridized carbons (Fsp3) is 0.538. The molecular formula is C13H21N3O2S. The molecule has 2 N–H and O–H groups in total. The number of piperazine rings is 1. The van der Waals surface area contributed by atoms with Crippen LogP contribution in [-0.2, 0) is 16.6 Å². The minimum absolute atomic E-state index is 0.504. The molecule has 5 nitrogen and oxygen atoms in total. The van der Waals surface area contributed by atoms with Gasteiger partial charge in [-0.15, -0.1) is 0 Å². The van der Waals surface area contributed by atoms with Crippen molar-refractivity contribution in [2.45, 2.75) is 12.8 Å². The quantitative estimate of drug-likeness (QED) is 0.852. The Morgan fingerprint density at radius 1 is 1.05 bits per heavy atom. The molecule has 0 bridgehead atoms. The van der Waals surface area contributed by atoms with Crippen LogP contribution in [0.5, 0.6) is 0 Å². The number of hydrogen-bond donors (Lipinski definition) is 1. The third-order valence-electron chi connectivity index (χ3n) is 3.47. The van der Waals surface area contributed by atoms with E-state index in [0.717, 1.165) is 32.5 Å². The van der Waals surface area contributed by atoms with Gasteiger partial charge in [0.05, 0.1) is 0 Å². The summed E-state index contributed by atoms with van der Waals surface area (Å²) in [7, 11) is -3.51. The van der Waals surface area contributed by atoms with E-state index in [1.807, 2.05) is 6.07 Å². The molecule has 106 valence electrons. The Balaban J connectivity index is 1.69. The standard InChI is InChI=1S/C13H21N3O2S/c14-19(17,18)16-11-9-15(10-12-16)8-4-7-13-5-2-1-3-6-13/h1-3,5-6H,4,7-12H2,(H2,14,17,18). The van der Waals surface area contributed by atoms with Gasteiger partial charge in [-0.05, 0) is 24.9 Å². The Hall–Kier alpha value is -0.950. The fourth-order valence-electron chi connectivity index (χ4n) is 2.36. The summed E-state index contributed by atoms with van der Waals surface area (Å²) in [6.07, 6.45) is 2.16. The first kappa shape index (κ1) is 14.5. The lowest BCUT2D eigenvalue weighted by atomic mass is 10.1. The Morgan fingerprint density at radius 2 is 1.68 bits per heavy atom. The van der Waals surface area contributed by atoms with Crippen LogP contribution in [0.15, 0.2) is 30.3 Å². The normalized spacial score (nSPS) is 18.6. The highest BCUT2D eigenvalue weighted by molar-refractivity contribution is 7.86. The van der Waals surface area contributed by atoms with Gasteiger partial charge in [-0.25, -0.2) is 5.14 Å². The summed E-state index contributed by atoms with van der Waals surface area (Å²) in [5.74, 6) is 0. The van der Waals surface area contributed by atoms with E-state index in [1.54, 1.807) is 0 Å². The summed E-state index contributed by atoms with van der Waals surface area (Å²) in [5, 5.41) is 5.11. The monoisotopic (exact) mass is 283 g/mol. The molecule has 0 amide bonds. The zero-order valence-electron chi connectivity index (χ0n) is 11.0. The lowest BCUT2D eigenvalue weighted by Crippen LogP contribution is -2.50. The molecule has 1 aromatic rings. The van der Waals surface area contributed by atoms with Gasteiger partial charge >= 0.3 is 0 Å². The Morgan fingerprint density at radius 3 is 2.26 bits per heavy atom. The van der Waals surface area contributed by atoms with Crippen LogP contribution < -0.4 is 5.14 Å². The highest BCUT2D eigenvalue weighted by atomic mass is 32.2. The molecule has 0 spiro atoms. The van der Waals surface area contributed by atoms with Crippen molar-refractivity contribution in [2.75, 3.05) is 32.7 Å². The first-order valence-corrected chi connectivity index (χ1v) is 8.10. The molecule has 0 saturated carbocycles. The number of rotatable bonds is 5. The van der Waals surface area contributed by atoms with Crippen LogP contribution in [0.3, 0.4) is 0 Å². The molecule has 0 aromatic heterocycles. The lowest BCUT2D eigenvalue weighted by Gasteiger charge is -2.32. The number of benzene rings is 1. The Bertz CT molecular complexity index is 482. The topological polar surface area (TPSA) is 66.6 Å². The maximum atomic E-state index is 11.2. The third-order valence-corrected chi connectivity index (χ3v) is 4.56. The molecule has 0 atom stereocenters. The summed E-state index contributed by atoms with van der Waals surface area (Å²) in [4.78, 5) is 2.30. The molecule has 1 aliphatic heterocycles. The van der Waals surface area contributed by atoms with Crippen molar-refractivity contribution < 1.29 is 8.42 Å². The molecule has 0 unspecified atom stereocenters. The van der Waals surface area contributed by atoms with Crippen molar-refractivity contribution in [3.8, 4) is 0 Å². The van der Waals surface area contributed by atoms with Crippen LogP contribution >= 0.6 is 0 Å². The Kier molecular flexibility index (Phi) is 4.93. The van der Waals surface area contributed by atoms with Crippen LogP contribution in [0.2, 0.25) is 0 Å². The summed E-state index contributed by atoms with van der Waals surface area (Å²) < 4.78 is 23.7. The van der Waals surface area contributed by atoms with Gasteiger partial charge < -0.3 is 4.90 Å². The molecule has 0 radical (unpaired) electrons. The predicted molar refractivity (Wildman–Crippen MR) is 75.9 cm³/mol. The average Bonchev–Trinajstić information content (AvgIpc) is 2.39. The molecule has 1 saturated heterocycles. The van der Waals surface area contributed by atoms with Gasteiger partial charge in [-0.1, -0.05) is 30.3 Å². The van der Waals surface area contributed by atoms with Gasteiger partial charge in [0, 0.05) is 26.2 Å². The summed E-state index contributed by atoms with van der Waals surface area (Å²) >= 11 is 0. The maximum Gasteiger partial charge on any atom is 0.276 e. The van der Waals surface area contributed by atoms with E-state index in [2.05, 4.69) is 29.2 Å². The summed E-state index contributed by atoms with van der Waals surface area (Å²) in [6, 6.07) is 10.4. The van der Waals surface area contributed by atoms with E-state index in [4.69, 9.17) is 5.14 Å². The van der Waals surface area contributed by atoms with E-state index in [9.17, 15) is 8.42 Å². The van der Waals surface area contributed by atoms with Crippen LogP contribution in [0.1, 0.15) is 12.0 Å². The third kappa shape index (κ3) is 4.58. The number of hydrogen-bond acceptors (Lipinski definition) is 3. The van der Waals surface area contributed by atoms with Crippen molar-refractivity contribution in [1.29, 1.82) is 0 Å². The van der Waals surface area contributed by atoms with Crippen LogP contribution in [0, 0.1) is 0 Å². The second-order valence-electron chi connectivity index (χ2n) is 4.87. The fourth-order valence-corrected chi connectivity index (χ4v) is 3.03. The van der Waals surface area contributed by atoms with Crippen molar-refractivity contribution in [2.24, 2.45) is 5.14 Å². The van der Waals surface area contributed by atoms with Crippen molar-refractivity contribution in [3.63, 3.8) is 0 Å². The van der Waals surface area contributed by atoms with Gasteiger partial charge in [0.2, 0.25) is 0 Å². The van der Waals surface area contributed by atoms with Gasteiger partial charge in [0.1, 0.15) is 0 Å². The molecule has 1 aliphatic rings.